The third-order valence-corrected chi connectivity index (χ3v) is 35.1. The van der Waals surface area contributed by atoms with Gasteiger partial charge in [0.2, 0.25) is 6.54 Å². The second-order valence-corrected chi connectivity index (χ2v) is 45.6. The molecule has 2 N–H and O–H groups in total. The molecule has 28 heteroatoms. The first-order valence-electron chi connectivity index (χ1n) is 30.5. The van der Waals surface area contributed by atoms with E-state index in [-0.39, 0.29) is 243 Å². The van der Waals surface area contributed by atoms with Gasteiger partial charge < -0.3 is 89.5 Å². The van der Waals surface area contributed by atoms with Crippen molar-refractivity contribution < 1.29 is 240 Å². The van der Waals surface area contributed by atoms with Crippen molar-refractivity contribution in [3.05, 3.63) is 44.5 Å². The zero-order valence-corrected chi connectivity index (χ0v) is 83.0. The fourth-order valence-electron chi connectivity index (χ4n) is 11.0. The molecule has 0 spiro atoms. The number of nitrogens with zero attached hydrogens (tertiary/aromatic N) is 1. The minimum absolute atomic E-state index is 0. The van der Waals surface area contributed by atoms with Crippen LogP contribution < -0.4 is 0 Å². The van der Waals surface area contributed by atoms with Crippen molar-refractivity contribution in [3.63, 3.8) is 0 Å². The van der Waals surface area contributed by atoms with Crippen LogP contribution in [0.3, 0.4) is 0 Å². The molecule has 0 aliphatic carbocycles. The quantitative estimate of drug-likeness (QED) is 0.0604. The average Bonchev–Trinajstić information content (AvgIpc) is 1.67. The van der Waals surface area contributed by atoms with Crippen LogP contribution in [0.2, 0.25) is 54.4 Å². The molecule has 10 bridgehead atoms. The molecule has 10 heterocycles. The number of aliphatic hydroxyl groups is 2. The second kappa shape index (κ2) is 36.0. The minimum Gasteiger partial charge on any atom is -0.541 e. The summed E-state index contributed by atoms with van der Waals surface area (Å²) in [6.45, 7) is 70.8. The number of methoxy groups -OCH3 is 1. The Labute approximate surface area is 660 Å². The molecule has 0 radical (unpaired) electrons. The third kappa shape index (κ3) is 19.7. The van der Waals surface area contributed by atoms with Crippen LogP contribution in [0.5, 0.6) is 0 Å². The largest absolute Gasteiger partial charge is 0.541 e. The van der Waals surface area contributed by atoms with Gasteiger partial charge >= 0.3 is 0 Å². The summed E-state index contributed by atoms with van der Waals surface area (Å²) in [5.74, 6) is 1.01. The maximum absolute atomic E-state index is 10.0. The van der Waals surface area contributed by atoms with E-state index in [1.54, 1.807) is 40.5 Å². The first kappa shape index (κ1) is 92.1. The Balaban J connectivity index is 0.000000553. The van der Waals surface area contributed by atoms with Crippen molar-refractivity contribution in [2.45, 2.75) is 273 Å². The van der Waals surface area contributed by atoms with Crippen LogP contribution in [0.1, 0.15) is 118 Å². The summed E-state index contributed by atoms with van der Waals surface area (Å²) in [5, 5.41) is 20.2. The van der Waals surface area contributed by atoms with Gasteiger partial charge in [-0.1, -0.05) is 104 Å². The van der Waals surface area contributed by atoms with E-state index >= 15 is 0 Å². The zero-order chi connectivity index (χ0) is 63.2. The third-order valence-electron chi connectivity index (χ3n) is 20.6. The normalized spacial score (nSPS) is 36.3. The number of hydrogen-bond donors (Lipinski definition) is 2. The number of ether oxygens (including phenoxy) is 11. The monoisotopic (exact) mass is 2450 g/mol. The molecule has 0 aromatic rings. The van der Waals surface area contributed by atoms with Crippen LogP contribution in [-0.4, -0.2) is 196 Å². The van der Waals surface area contributed by atoms with Crippen molar-refractivity contribution in [2.75, 3.05) is 60.0 Å². The van der Waals surface area contributed by atoms with Gasteiger partial charge in [0.1, 0.15) is 17.8 Å². The Bertz CT molecular complexity index is 2090. The van der Waals surface area contributed by atoms with E-state index in [9.17, 15) is 10.2 Å². The van der Waals surface area contributed by atoms with Crippen molar-refractivity contribution in [2.24, 2.45) is 17.8 Å². The summed E-state index contributed by atoms with van der Waals surface area (Å²) >= 11 is 0. The Kier molecular flexibility index (Phi) is 37.3. The summed E-state index contributed by atoms with van der Waals surface area (Å²) in [4.78, 5) is 3.25. The maximum atomic E-state index is 10.0. The van der Waals surface area contributed by atoms with Gasteiger partial charge in [0.05, 0.1) is 92.6 Å². The fraction of sp³-hybridized carbons (Fsp3) is 0.902. The van der Waals surface area contributed by atoms with Gasteiger partial charge in [-0.05, 0) is 117 Å². The standard InChI is InChI=1S/C14H27O4Si.C14H27O3Si.C13H25O4Si.C12H19NO4P.C8H13O3.5U/c1-10(15-5)14-9-16-11(8-17-14)12(14)18-19(6,7)13(2,3)4;1-10(2)14-9-15-11(8-16-14)12(14)17-18(6,7)13(3,4)5;1-9(14)13-8-15-10(7-16-13)11(13)17-18(5,6)12(2,3)4;1-9(2)12-8-14-10(7-15-12)11(12)17-18(4)16-6-5-13-3;1-5(2)8-4-10-6(3-11-8)7(8)9;;;;;/h8,10-12H,9H2,1-7H3;8,10-12H,9H2,1-7H3;7,9-11,14H,8H2,1-6H3;7,9-11H,5-6,8H2,1-2,4H3;3,5-7,9H,4H2,1-2H3;;;;;/q5*-1;;;;;/t10?,11-,12+,14+;11-,12+,14+;9?,10-,11+,13+;10-,11-,12+,18?;6-,7-,8+;;;;;/m00000...../s1. The average molecular weight is 2450 g/mol. The van der Waals surface area contributed by atoms with Crippen LogP contribution in [0.4, 0.5) is 0 Å². The molecule has 10 rings (SSSR count). The van der Waals surface area contributed by atoms with Gasteiger partial charge in [0.25, 0.3) is 0 Å². The molecule has 10 fully saturated rings. The number of fused-ring (bicyclic) bond motifs is 10. The van der Waals surface area contributed by atoms with E-state index in [1.165, 1.54) is 0 Å². The van der Waals surface area contributed by atoms with Gasteiger partial charge in [-0.25, -0.2) is 6.57 Å². The van der Waals surface area contributed by atoms with Gasteiger partial charge in [-0.3, -0.25) is 0 Å². The van der Waals surface area contributed by atoms with E-state index in [0.29, 0.717) is 63.9 Å². The smallest absolute Gasteiger partial charge is 0.238 e. The number of rotatable bonds is 17. The predicted octanol–water partition coefficient (Wildman–Crippen LogP) is 10.8. The maximum Gasteiger partial charge on any atom is 0.238 e. The Morgan fingerprint density at radius 3 is 1.07 bits per heavy atom. The molecular weight excluding hydrogens is 2340 g/mol. The molecule has 89 heavy (non-hydrogen) atoms. The van der Waals surface area contributed by atoms with Crippen LogP contribution in [-0.2, 0) is 74.4 Å². The fourth-order valence-corrected chi connectivity index (χ4v) is 15.9. The molecule has 0 aromatic carbocycles. The zero-order valence-electron chi connectivity index (χ0n) is 58.3. The van der Waals surface area contributed by atoms with Crippen LogP contribution in [0.15, 0.2) is 0 Å². The van der Waals surface area contributed by atoms with E-state index in [0.717, 1.165) is 0 Å². The number of aliphatic hydroxyl groups excluding tert-OH is 2. The molecule has 18 atom stereocenters. The first-order chi connectivity index (χ1) is 38.6. The molecule has 19 nitrogen and oxygen atoms in total. The van der Waals surface area contributed by atoms with Gasteiger partial charge in [-0.2, -0.15) is 33.0 Å². The summed E-state index contributed by atoms with van der Waals surface area (Å²) in [6, 6.07) is 0. The molecule has 3 unspecified atom stereocenters. The van der Waals surface area contributed by atoms with Crippen molar-refractivity contribution in [3.8, 4) is 0 Å². The first-order valence-corrected chi connectivity index (χ1v) is 40.9. The van der Waals surface area contributed by atoms with E-state index in [4.69, 9.17) is 81.0 Å². The summed E-state index contributed by atoms with van der Waals surface area (Å²) in [6.07, 6.45) is -1.87. The predicted molar refractivity (Wildman–Crippen MR) is 329 cm³/mol. The Morgan fingerprint density at radius 1 is 0.506 bits per heavy atom. The van der Waals surface area contributed by atoms with Crippen molar-refractivity contribution in [1.29, 1.82) is 0 Å². The van der Waals surface area contributed by atoms with Crippen molar-refractivity contribution >= 4 is 33.3 Å². The minimum atomic E-state index is -1.90. The SMILES string of the molecule is CC(C)[C@@]12CO[C@@H]([CH-]O1)[C@@H]2O.CC(C)[C@@]12CO[C@@H]([CH-]O1)[C@H]2O[Si](C)(C)C(C)(C)C.CC(O)[C@@]12CO[C@@H]([CH-]O1)[C@H]2O[Si](C)(C)C(C)(C)C.COC(C)[C@@]12CO[C@@H]([CH-]O1)[C@H]2O[Si](C)(C)C(C)(C)C.[C-]#[N+]CCOP(C)O[C@H]1[C@@H]2[CH-]O[C@@]1(C(C)C)CO2.[U].[U].[U].[U].[U]. The topological polar surface area (TPSA) is 192 Å². The van der Waals surface area contributed by atoms with E-state index < -0.39 is 62.3 Å². The molecule has 0 aromatic heterocycles. The molecule has 10 saturated heterocycles. The molecule has 10 aliphatic rings. The van der Waals surface area contributed by atoms with Crippen LogP contribution >= 0.6 is 8.38 Å². The van der Waals surface area contributed by atoms with Gasteiger partial charge in [-0.15, -0.1) is 0 Å². The van der Waals surface area contributed by atoms with E-state index in [2.05, 4.69) is 134 Å². The molecule has 10 aliphatic heterocycles. The van der Waals surface area contributed by atoms with Gasteiger partial charge in [0.15, 0.2) is 33.3 Å². The Morgan fingerprint density at radius 2 is 0.798 bits per heavy atom. The van der Waals surface area contributed by atoms with Gasteiger partial charge in [0, 0.05) is 169 Å². The second-order valence-electron chi connectivity index (χ2n) is 30.0. The number of hydrogen-bond acceptors (Lipinski definition) is 18. The molecule has 0 amide bonds. The van der Waals surface area contributed by atoms with Crippen LogP contribution in [0, 0.1) is 213 Å². The molecular formula is C61H111NO18PSi3U5-5. The Hall–Kier alpha value is 5.11. The molecule has 0 saturated carbocycles. The van der Waals surface area contributed by atoms with E-state index in [1.807, 2.05) is 34.0 Å². The summed E-state index contributed by atoms with van der Waals surface area (Å²) < 4.78 is 93.3. The molecule has 510 valence electrons. The summed E-state index contributed by atoms with van der Waals surface area (Å²) in [7, 11) is -4.83. The van der Waals surface area contributed by atoms with Crippen LogP contribution in [0.25, 0.3) is 4.85 Å². The summed E-state index contributed by atoms with van der Waals surface area (Å²) in [5.41, 5.74) is -2.27. The van der Waals surface area contributed by atoms with Crippen molar-refractivity contribution in [1.82, 2.24) is 0 Å².